The van der Waals surface area contributed by atoms with E-state index in [1.54, 1.807) is 15.7 Å². The van der Waals surface area contributed by atoms with E-state index in [9.17, 15) is 19.2 Å². The molecule has 1 saturated heterocycles. The summed E-state index contributed by atoms with van der Waals surface area (Å²) in [5.74, 6) is -0.285. The number of benzene rings is 3. The third-order valence-electron chi connectivity index (χ3n) is 7.32. The highest BCUT2D eigenvalue weighted by atomic mass is 79.9. The normalized spacial score (nSPS) is 13.3. The Balaban J connectivity index is 1.20. The molecule has 0 atom stereocenters. The van der Waals surface area contributed by atoms with Gasteiger partial charge in [0.2, 0.25) is 11.8 Å². The second-order valence-electron chi connectivity index (χ2n) is 10.2. The molecule has 3 aromatic carbocycles. The van der Waals surface area contributed by atoms with Gasteiger partial charge in [-0.2, -0.15) is 0 Å². The van der Waals surface area contributed by atoms with Gasteiger partial charge in [-0.3, -0.25) is 19.2 Å². The predicted molar refractivity (Wildman–Crippen MR) is 159 cm³/mol. The summed E-state index contributed by atoms with van der Waals surface area (Å²) in [6, 6.07) is 19.5. The molecule has 204 valence electrons. The lowest BCUT2D eigenvalue weighted by atomic mass is 9.98. The Kier molecular flexibility index (Phi) is 8.26. The van der Waals surface area contributed by atoms with Crippen molar-refractivity contribution in [2.45, 2.75) is 38.3 Å². The van der Waals surface area contributed by atoms with E-state index >= 15 is 0 Å². The topological polar surface area (TPSA) is 88.5 Å². The minimum absolute atomic E-state index is 0.0564. The van der Waals surface area contributed by atoms with Crippen LogP contribution >= 0.6 is 15.9 Å². The van der Waals surface area contributed by atoms with E-state index < -0.39 is 0 Å². The van der Waals surface area contributed by atoms with Crippen LogP contribution in [-0.4, -0.2) is 52.0 Å². The highest BCUT2D eigenvalue weighted by Gasteiger charge is 2.30. The third kappa shape index (κ3) is 6.07. The Morgan fingerprint density at radius 2 is 1.75 bits per heavy atom. The van der Waals surface area contributed by atoms with Gasteiger partial charge >= 0.3 is 0 Å². The van der Waals surface area contributed by atoms with Crippen molar-refractivity contribution in [2.24, 2.45) is 0 Å². The standard InChI is InChI=1S/C32H30BrN3O4/c1-2-32(40)36-17-24(18-36)34-31(39)20-35-19-28(27-16-23(33)13-14-29(27)35)30(38)12-6-10-25(37)15-22-9-5-8-21-7-3-4-11-26(21)22/h2-5,7-9,11,13-14,16,19,24H,1,6,10,12,15,17-18,20H2,(H,34,39). The molecule has 0 aliphatic carbocycles. The van der Waals surface area contributed by atoms with Gasteiger partial charge in [0.15, 0.2) is 5.78 Å². The van der Waals surface area contributed by atoms with Crippen LogP contribution < -0.4 is 5.32 Å². The smallest absolute Gasteiger partial charge is 0.246 e. The fourth-order valence-electron chi connectivity index (χ4n) is 5.26. The number of aromatic nitrogens is 1. The number of ketones is 2. The number of carbonyl (C=O) groups is 4. The molecule has 1 aromatic heterocycles. The fourth-order valence-corrected chi connectivity index (χ4v) is 5.62. The van der Waals surface area contributed by atoms with Crippen molar-refractivity contribution < 1.29 is 19.2 Å². The fraction of sp³-hybridized carbons (Fsp3) is 0.250. The summed E-state index contributed by atoms with van der Waals surface area (Å²) in [4.78, 5) is 52.0. The van der Waals surface area contributed by atoms with Crippen molar-refractivity contribution in [3.8, 4) is 0 Å². The minimum atomic E-state index is -0.187. The van der Waals surface area contributed by atoms with E-state index in [1.807, 2.05) is 60.7 Å². The lowest BCUT2D eigenvalue weighted by molar-refractivity contribution is -0.133. The highest BCUT2D eigenvalue weighted by Crippen LogP contribution is 2.27. The largest absolute Gasteiger partial charge is 0.348 e. The molecule has 0 spiro atoms. The molecule has 8 heteroatoms. The van der Waals surface area contributed by atoms with Gasteiger partial charge in [-0.25, -0.2) is 0 Å². The number of fused-ring (bicyclic) bond motifs is 2. The number of rotatable bonds is 11. The number of hydrogen-bond donors (Lipinski definition) is 1. The summed E-state index contributed by atoms with van der Waals surface area (Å²) in [5, 5.41) is 5.90. The first kappa shape index (κ1) is 27.5. The molecule has 7 nitrogen and oxygen atoms in total. The maximum atomic E-state index is 13.3. The molecule has 0 radical (unpaired) electrons. The van der Waals surface area contributed by atoms with Crippen molar-refractivity contribution in [3.05, 3.63) is 95.1 Å². The van der Waals surface area contributed by atoms with Gasteiger partial charge < -0.3 is 14.8 Å². The number of nitrogens with one attached hydrogen (secondary N) is 1. The third-order valence-corrected chi connectivity index (χ3v) is 7.81. The van der Waals surface area contributed by atoms with E-state index in [2.05, 4.69) is 27.8 Å². The zero-order chi connectivity index (χ0) is 28.2. The molecule has 4 aromatic rings. The van der Waals surface area contributed by atoms with Gasteiger partial charge in [0.1, 0.15) is 12.3 Å². The molecule has 1 aliphatic rings. The maximum Gasteiger partial charge on any atom is 0.246 e. The molecule has 0 bridgehead atoms. The van der Waals surface area contributed by atoms with Crippen molar-refractivity contribution in [1.82, 2.24) is 14.8 Å². The van der Waals surface area contributed by atoms with Crippen LogP contribution in [0.4, 0.5) is 0 Å². The lowest BCUT2D eigenvalue weighted by Gasteiger charge is -2.38. The van der Waals surface area contributed by atoms with E-state index in [1.165, 1.54) is 6.08 Å². The van der Waals surface area contributed by atoms with Crippen molar-refractivity contribution in [1.29, 1.82) is 0 Å². The van der Waals surface area contributed by atoms with E-state index in [4.69, 9.17) is 0 Å². The van der Waals surface area contributed by atoms with Crippen LogP contribution in [0.3, 0.4) is 0 Å². The van der Waals surface area contributed by atoms with Gasteiger partial charge in [0.05, 0.1) is 6.04 Å². The number of Topliss-reactive ketones (excluding diaryl/α,β-unsaturated/α-hetero) is 2. The van der Waals surface area contributed by atoms with Gasteiger partial charge in [0, 0.05) is 59.5 Å². The minimum Gasteiger partial charge on any atom is -0.348 e. The summed E-state index contributed by atoms with van der Waals surface area (Å²) >= 11 is 3.49. The van der Waals surface area contributed by atoms with Crippen LogP contribution in [-0.2, 0) is 27.3 Å². The molecular weight excluding hydrogens is 570 g/mol. The van der Waals surface area contributed by atoms with Gasteiger partial charge in [-0.05, 0) is 47.0 Å². The first-order valence-electron chi connectivity index (χ1n) is 13.3. The average Bonchev–Trinajstić information content (AvgIpc) is 3.27. The predicted octanol–water partition coefficient (Wildman–Crippen LogP) is 5.23. The summed E-state index contributed by atoms with van der Waals surface area (Å²) < 4.78 is 2.62. The van der Waals surface area contributed by atoms with Crippen LogP contribution in [0.1, 0.15) is 35.2 Å². The van der Waals surface area contributed by atoms with Crippen molar-refractivity contribution in [2.75, 3.05) is 13.1 Å². The second-order valence-corrected chi connectivity index (χ2v) is 11.1. The molecule has 5 rings (SSSR count). The Morgan fingerprint density at radius 1 is 0.975 bits per heavy atom. The van der Waals surface area contributed by atoms with Crippen molar-refractivity contribution in [3.63, 3.8) is 0 Å². The summed E-state index contributed by atoms with van der Waals surface area (Å²) in [6.45, 7) is 4.45. The van der Waals surface area contributed by atoms with E-state index in [0.29, 0.717) is 37.9 Å². The number of amides is 2. The van der Waals surface area contributed by atoms with E-state index in [0.717, 1.165) is 31.7 Å². The number of hydrogen-bond acceptors (Lipinski definition) is 4. The van der Waals surface area contributed by atoms with Crippen LogP contribution in [0, 0.1) is 0 Å². The van der Waals surface area contributed by atoms with Gasteiger partial charge in [-0.15, -0.1) is 0 Å². The number of carbonyl (C=O) groups excluding carboxylic acids is 4. The Bertz CT molecular complexity index is 1630. The first-order chi connectivity index (χ1) is 19.3. The van der Waals surface area contributed by atoms with Gasteiger partial charge in [-0.1, -0.05) is 65.0 Å². The zero-order valence-electron chi connectivity index (χ0n) is 22.1. The Hall–Kier alpha value is -4.04. The molecular formula is C32H30BrN3O4. The molecule has 0 unspecified atom stereocenters. The average molecular weight is 601 g/mol. The number of likely N-dealkylation sites (tertiary alicyclic amines) is 1. The number of halogens is 1. The summed E-state index contributed by atoms with van der Waals surface area (Å²) in [7, 11) is 0. The van der Waals surface area contributed by atoms with Crippen LogP contribution in [0.2, 0.25) is 0 Å². The monoisotopic (exact) mass is 599 g/mol. The summed E-state index contributed by atoms with van der Waals surface area (Å²) in [6.07, 6.45) is 4.37. The zero-order valence-corrected chi connectivity index (χ0v) is 23.7. The molecule has 0 saturated carbocycles. The molecule has 2 amide bonds. The van der Waals surface area contributed by atoms with Crippen LogP contribution in [0.25, 0.3) is 21.7 Å². The first-order valence-corrected chi connectivity index (χ1v) is 14.1. The van der Waals surface area contributed by atoms with Crippen LogP contribution in [0.5, 0.6) is 0 Å². The molecule has 1 fully saturated rings. The second kappa shape index (κ2) is 12.0. The Morgan fingerprint density at radius 3 is 2.55 bits per heavy atom. The highest BCUT2D eigenvalue weighted by molar-refractivity contribution is 9.10. The molecule has 1 N–H and O–H groups in total. The molecule has 1 aliphatic heterocycles. The SMILES string of the molecule is C=CC(=O)N1CC(NC(=O)Cn2cc(C(=O)CCCC(=O)Cc3cccc4ccccc34)c3cc(Br)ccc32)C1. The van der Waals surface area contributed by atoms with Crippen LogP contribution in [0.15, 0.2) is 84.0 Å². The summed E-state index contributed by atoms with van der Waals surface area (Å²) in [5.41, 5.74) is 2.32. The Labute approximate surface area is 241 Å². The van der Waals surface area contributed by atoms with Gasteiger partial charge in [0.25, 0.3) is 0 Å². The quantitative estimate of drug-likeness (QED) is 0.189. The van der Waals surface area contributed by atoms with E-state index in [-0.39, 0.29) is 42.4 Å². The van der Waals surface area contributed by atoms with Crippen molar-refractivity contribution >= 4 is 61.0 Å². The molecule has 40 heavy (non-hydrogen) atoms. The lowest BCUT2D eigenvalue weighted by Crippen LogP contribution is -2.61. The maximum absolute atomic E-state index is 13.3. The molecule has 2 heterocycles. The number of nitrogens with zero attached hydrogens (tertiary/aromatic N) is 2.